The predicted molar refractivity (Wildman–Crippen MR) is 54.9 cm³/mol. The SMILES string of the molecule is CC(=O)Cc1ccc(C)c(O)c1Br. The average Bonchev–Trinajstić information content (AvgIpc) is 2.06. The maximum atomic E-state index is 10.9. The minimum Gasteiger partial charge on any atom is -0.506 e. The fraction of sp³-hybridized carbons (Fsp3) is 0.300. The van der Waals surface area contributed by atoms with E-state index < -0.39 is 0 Å². The minimum atomic E-state index is 0.0870. The molecule has 0 saturated carbocycles. The van der Waals surface area contributed by atoms with Gasteiger partial charge in [-0.1, -0.05) is 12.1 Å². The molecular weight excluding hydrogens is 232 g/mol. The molecule has 0 spiro atoms. The summed E-state index contributed by atoms with van der Waals surface area (Å²) < 4.78 is 0.628. The van der Waals surface area contributed by atoms with E-state index in [9.17, 15) is 9.90 Å². The number of hydrogen-bond acceptors (Lipinski definition) is 2. The summed E-state index contributed by atoms with van der Waals surface area (Å²) in [7, 11) is 0. The molecule has 1 rings (SSSR count). The highest BCUT2D eigenvalue weighted by atomic mass is 79.9. The summed E-state index contributed by atoms with van der Waals surface area (Å²) >= 11 is 3.26. The third kappa shape index (κ3) is 2.31. The summed E-state index contributed by atoms with van der Waals surface area (Å²) in [6, 6.07) is 3.65. The van der Waals surface area contributed by atoms with Gasteiger partial charge in [0.05, 0.1) is 4.47 Å². The van der Waals surface area contributed by atoms with Crippen LogP contribution in [0, 0.1) is 6.92 Å². The van der Waals surface area contributed by atoms with Gasteiger partial charge >= 0.3 is 0 Å². The van der Waals surface area contributed by atoms with Gasteiger partial charge in [-0.05, 0) is 40.9 Å². The number of phenols is 1. The fourth-order valence-electron chi connectivity index (χ4n) is 1.11. The molecule has 70 valence electrons. The van der Waals surface area contributed by atoms with Crippen molar-refractivity contribution in [3.8, 4) is 5.75 Å². The van der Waals surface area contributed by atoms with Crippen molar-refractivity contribution in [2.75, 3.05) is 0 Å². The number of Topliss-reactive ketones (excluding diaryl/α,β-unsaturated/α-hetero) is 1. The standard InChI is InChI=1S/C10H11BrO2/c1-6-3-4-8(5-7(2)12)9(11)10(6)13/h3-4,13H,5H2,1-2H3. The molecule has 0 saturated heterocycles. The van der Waals surface area contributed by atoms with Crippen LogP contribution in [-0.2, 0) is 11.2 Å². The molecule has 0 aliphatic rings. The molecule has 2 nitrogen and oxygen atoms in total. The third-order valence-corrected chi connectivity index (χ3v) is 2.72. The lowest BCUT2D eigenvalue weighted by Crippen LogP contribution is -1.97. The number of rotatable bonds is 2. The monoisotopic (exact) mass is 242 g/mol. The van der Waals surface area contributed by atoms with Gasteiger partial charge in [-0.2, -0.15) is 0 Å². The summed E-state index contributed by atoms with van der Waals surface area (Å²) in [5.74, 6) is 0.308. The van der Waals surface area contributed by atoms with Crippen molar-refractivity contribution in [1.82, 2.24) is 0 Å². The Morgan fingerprint density at radius 1 is 1.54 bits per heavy atom. The van der Waals surface area contributed by atoms with Gasteiger partial charge < -0.3 is 5.11 Å². The molecule has 0 heterocycles. The highest BCUT2D eigenvalue weighted by Gasteiger charge is 2.08. The molecule has 0 atom stereocenters. The molecule has 0 unspecified atom stereocenters. The van der Waals surface area contributed by atoms with Crippen LogP contribution in [0.1, 0.15) is 18.1 Å². The summed E-state index contributed by atoms with van der Waals surface area (Å²) in [6.07, 6.45) is 0.356. The van der Waals surface area contributed by atoms with Crippen LogP contribution >= 0.6 is 15.9 Å². The number of carbonyl (C=O) groups excluding carboxylic acids is 1. The third-order valence-electron chi connectivity index (χ3n) is 1.84. The van der Waals surface area contributed by atoms with Crippen LogP contribution in [0.2, 0.25) is 0 Å². The van der Waals surface area contributed by atoms with Gasteiger partial charge in [0.15, 0.2) is 0 Å². The molecule has 1 aromatic rings. The maximum absolute atomic E-state index is 10.9. The molecular formula is C10H11BrO2. The van der Waals surface area contributed by atoms with E-state index in [1.807, 2.05) is 13.0 Å². The van der Waals surface area contributed by atoms with Crippen molar-refractivity contribution >= 4 is 21.7 Å². The lowest BCUT2D eigenvalue weighted by Gasteiger charge is -2.06. The van der Waals surface area contributed by atoms with E-state index in [-0.39, 0.29) is 11.5 Å². The van der Waals surface area contributed by atoms with Gasteiger partial charge in [0.1, 0.15) is 11.5 Å². The average molecular weight is 243 g/mol. The zero-order valence-electron chi connectivity index (χ0n) is 7.60. The molecule has 0 aliphatic carbocycles. The van der Waals surface area contributed by atoms with Gasteiger partial charge in [0, 0.05) is 6.42 Å². The lowest BCUT2D eigenvalue weighted by molar-refractivity contribution is -0.116. The van der Waals surface area contributed by atoms with E-state index in [2.05, 4.69) is 15.9 Å². The number of halogens is 1. The van der Waals surface area contributed by atoms with Crippen LogP contribution in [0.4, 0.5) is 0 Å². The quantitative estimate of drug-likeness (QED) is 0.866. The number of phenolic OH excluding ortho intramolecular Hbond substituents is 1. The first-order chi connectivity index (χ1) is 6.02. The Morgan fingerprint density at radius 2 is 2.15 bits per heavy atom. The Balaban J connectivity index is 3.10. The fourth-order valence-corrected chi connectivity index (χ4v) is 1.69. The molecule has 0 bridgehead atoms. The van der Waals surface area contributed by atoms with Gasteiger partial charge in [-0.25, -0.2) is 0 Å². The van der Waals surface area contributed by atoms with Crippen molar-refractivity contribution in [2.24, 2.45) is 0 Å². The number of carbonyl (C=O) groups is 1. The summed E-state index contributed by atoms with van der Waals surface area (Å²) in [5, 5.41) is 9.54. The lowest BCUT2D eigenvalue weighted by atomic mass is 10.1. The second kappa shape index (κ2) is 3.92. The number of benzene rings is 1. The van der Waals surface area contributed by atoms with E-state index in [0.717, 1.165) is 11.1 Å². The molecule has 3 heteroatoms. The van der Waals surface area contributed by atoms with Crippen LogP contribution in [-0.4, -0.2) is 10.9 Å². The number of aromatic hydroxyl groups is 1. The molecule has 13 heavy (non-hydrogen) atoms. The molecule has 0 fully saturated rings. The molecule has 1 aromatic carbocycles. The Labute approximate surface area is 85.7 Å². The van der Waals surface area contributed by atoms with Crippen molar-refractivity contribution in [3.63, 3.8) is 0 Å². The Bertz CT molecular complexity index is 345. The number of ketones is 1. The molecule has 0 radical (unpaired) electrons. The van der Waals surface area contributed by atoms with Crippen molar-refractivity contribution < 1.29 is 9.90 Å². The summed E-state index contributed by atoms with van der Waals surface area (Å²) in [5.41, 5.74) is 1.63. The van der Waals surface area contributed by atoms with E-state index in [1.54, 1.807) is 6.07 Å². The van der Waals surface area contributed by atoms with Gasteiger partial charge in [0.25, 0.3) is 0 Å². The highest BCUT2D eigenvalue weighted by Crippen LogP contribution is 2.31. The molecule has 0 amide bonds. The van der Waals surface area contributed by atoms with Crippen LogP contribution in [0.25, 0.3) is 0 Å². The highest BCUT2D eigenvalue weighted by molar-refractivity contribution is 9.10. The summed E-state index contributed by atoms with van der Waals surface area (Å²) in [4.78, 5) is 10.9. The maximum Gasteiger partial charge on any atom is 0.134 e. The van der Waals surface area contributed by atoms with Gasteiger partial charge in [-0.15, -0.1) is 0 Å². The predicted octanol–water partition coefficient (Wildman–Crippen LogP) is 2.59. The number of hydrogen-bond donors (Lipinski definition) is 1. The van der Waals surface area contributed by atoms with E-state index >= 15 is 0 Å². The molecule has 0 aliphatic heterocycles. The Morgan fingerprint density at radius 3 is 2.69 bits per heavy atom. The topological polar surface area (TPSA) is 37.3 Å². The first-order valence-electron chi connectivity index (χ1n) is 3.98. The first-order valence-corrected chi connectivity index (χ1v) is 4.78. The van der Waals surface area contributed by atoms with Crippen molar-refractivity contribution in [2.45, 2.75) is 20.3 Å². The second-order valence-electron chi connectivity index (χ2n) is 3.08. The van der Waals surface area contributed by atoms with Crippen LogP contribution < -0.4 is 0 Å². The van der Waals surface area contributed by atoms with Gasteiger partial charge in [-0.3, -0.25) is 4.79 Å². The second-order valence-corrected chi connectivity index (χ2v) is 3.88. The van der Waals surface area contributed by atoms with E-state index in [0.29, 0.717) is 10.9 Å². The molecule has 1 N–H and O–H groups in total. The van der Waals surface area contributed by atoms with Crippen molar-refractivity contribution in [1.29, 1.82) is 0 Å². The van der Waals surface area contributed by atoms with Crippen LogP contribution in [0.3, 0.4) is 0 Å². The Kier molecular flexibility index (Phi) is 3.09. The zero-order chi connectivity index (χ0) is 10.0. The Hall–Kier alpha value is -0.830. The normalized spacial score (nSPS) is 10.1. The van der Waals surface area contributed by atoms with Crippen LogP contribution in [0.15, 0.2) is 16.6 Å². The summed E-state index contributed by atoms with van der Waals surface area (Å²) in [6.45, 7) is 3.35. The van der Waals surface area contributed by atoms with E-state index in [1.165, 1.54) is 6.92 Å². The van der Waals surface area contributed by atoms with Crippen molar-refractivity contribution in [3.05, 3.63) is 27.7 Å². The van der Waals surface area contributed by atoms with Gasteiger partial charge in [0.2, 0.25) is 0 Å². The van der Waals surface area contributed by atoms with E-state index in [4.69, 9.17) is 0 Å². The molecule has 0 aromatic heterocycles. The largest absolute Gasteiger partial charge is 0.506 e. The first kappa shape index (κ1) is 10.3. The smallest absolute Gasteiger partial charge is 0.134 e. The number of aryl methyl sites for hydroxylation is 1. The van der Waals surface area contributed by atoms with Crippen LogP contribution in [0.5, 0.6) is 5.75 Å². The minimum absolute atomic E-state index is 0.0870. The zero-order valence-corrected chi connectivity index (χ0v) is 9.18.